The molecule has 0 saturated heterocycles. The minimum absolute atomic E-state index is 0.0161. The van der Waals surface area contributed by atoms with Crippen molar-refractivity contribution >= 4 is 15.8 Å². The van der Waals surface area contributed by atoms with Crippen LogP contribution in [0.2, 0.25) is 0 Å². The summed E-state index contributed by atoms with van der Waals surface area (Å²) in [5, 5.41) is 0. The van der Waals surface area contributed by atoms with Crippen LogP contribution in [0.25, 0.3) is 0 Å². The molecule has 5 heteroatoms. The van der Waals surface area contributed by atoms with Gasteiger partial charge in [-0.15, -0.1) is 0 Å². The van der Waals surface area contributed by atoms with Crippen LogP contribution in [0.3, 0.4) is 0 Å². The molecule has 0 heterocycles. The quantitative estimate of drug-likeness (QED) is 0.863. The van der Waals surface area contributed by atoms with Crippen LogP contribution < -0.4 is 4.90 Å². The second-order valence-corrected chi connectivity index (χ2v) is 6.41. The second-order valence-electron chi connectivity index (χ2n) is 5.02. The SMILES string of the molecule is CCN(c1ccccc1S(=O)(=O)O)C1CCCCC1. The third kappa shape index (κ3) is 3.28. The number of hydrogen-bond acceptors (Lipinski definition) is 3. The first-order valence-electron chi connectivity index (χ1n) is 6.87. The molecular formula is C14H21NO3S. The van der Waals surface area contributed by atoms with Crippen LogP contribution in [-0.4, -0.2) is 25.6 Å². The van der Waals surface area contributed by atoms with Gasteiger partial charge in [0.15, 0.2) is 0 Å². The molecule has 1 fully saturated rings. The van der Waals surface area contributed by atoms with Crippen molar-refractivity contribution in [3.8, 4) is 0 Å². The lowest BCUT2D eigenvalue weighted by molar-refractivity contribution is 0.416. The van der Waals surface area contributed by atoms with Crippen LogP contribution in [0.4, 0.5) is 5.69 Å². The maximum atomic E-state index is 11.5. The van der Waals surface area contributed by atoms with E-state index in [2.05, 4.69) is 4.90 Å². The minimum atomic E-state index is -4.17. The number of nitrogens with zero attached hydrogens (tertiary/aromatic N) is 1. The highest BCUT2D eigenvalue weighted by Gasteiger charge is 2.25. The molecule has 1 aliphatic carbocycles. The molecule has 0 unspecified atom stereocenters. The molecule has 0 amide bonds. The van der Waals surface area contributed by atoms with E-state index in [1.54, 1.807) is 12.1 Å². The topological polar surface area (TPSA) is 57.6 Å². The summed E-state index contributed by atoms with van der Waals surface area (Å²) in [7, 11) is -4.17. The fourth-order valence-corrected chi connectivity index (χ4v) is 3.63. The number of para-hydroxylation sites is 1. The lowest BCUT2D eigenvalue weighted by Crippen LogP contribution is -2.37. The standard InChI is InChI=1S/C14H21NO3S/c1-2-15(12-8-4-3-5-9-12)13-10-6-7-11-14(13)19(16,17)18/h6-7,10-12H,2-5,8-9H2,1H3,(H,16,17,18). The molecule has 0 radical (unpaired) electrons. The molecule has 19 heavy (non-hydrogen) atoms. The van der Waals surface area contributed by atoms with Crippen molar-refractivity contribution in [2.24, 2.45) is 0 Å². The van der Waals surface area contributed by atoms with Crippen molar-refractivity contribution in [3.05, 3.63) is 24.3 Å². The molecule has 106 valence electrons. The Hall–Kier alpha value is -1.07. The maximum absolute atomic E-state index is 11.5. The Labute approximate surface area is 115 Å². The van der Waals surface area contributed by atoms with E-state index in [-0.39, 0.29) is 4.90 Å². The molecule has 1 aliphatic rings. The first-order chi connectivity index (χ1) is 9.04. The average molecular weight is 283 g/mol. The highest BCUT2D eigenvalue weighted by atomic mass is 32.2. The molecule has 1 aromatic rings. The average Bonchev–Trinajstić information content (AvgIpc) is 2.40. The Morgan fingerprint density at radius 1 is 1.21 bits per heavy atom. The zero-order valence-electron chi connectivity index (χ0n) is 11.2. The zero-order chi connectivity index (χ0) is 13.9. The van der Waals surface area contributed by atoms with Gasteiger partial charge in [-0.05, 0) is 31.9 Å². The summed E-state index contributed by atoms with van der Waals surface area (Å²) in [5.41, 5.74) is 0.624. The van der Waals surface area contributed by atoms with Crippen molar-refractivity contribution in [1.29, 1.82) is 0 Å². The largest absolute Gasteiger partial charge is 0.368 e. The van der Waals surface area contributed by atoms with Crippen molar-refractivity contribution in [2.75, 3.05) is 11.4 Å². The molecule has 1 aromatic carbocycles. The molecule has 1 N–H and O–H groups in total. The lowest BCUT2D eigenvalue weighted by Gasteiger charge is -2.36. The zero-order valence-corrected chi connectivity index (χ0v) is 12.1. The third-order valence-corrected chi connectivity index (χ3v) is 4.71. The molecule has 0 atom stereocenters. The van der Waals surface area contributed by atoms with Gasteiger partial charge in [0.2, 0.25) is 0 Å². The summed E-state index contributed by atoms with van der Waals surface area (Å²) in [6, 6.07) is 7.08. The van der Waals surface area contributed by atoms with Gasteiger partial charge in [0.25, 0.3) is 10.1 Å². The first-order valence-corrected chi connectivity index (χ1v) is 8.31. The van der Waals surface area contributed by atoms with Crippen LogP contribution in [0.15, 0.2) is 29.2 Å². The summed E-state index contributed by atoms with van der Waals surface area (Å²) in [6.07, 6.45) is 5.82. The molecule has 1 saturated carbocycles. The van der Waals surface area contributed by atoms with Gasteiger partial charge in [-0.3, -0.25) is 4.55 Å². The molecule has 0 bridgehead atoms. The third-order valence-electron chi connectivity index (χ3n) is 3.81. The van der Waals surface area contributed by atoms with E-state index in [1.807, 2.05) is 13.0 Å². The van der Waals surface area contributed by atoms with Gasteiger partial charge in [0, 0.05) is 12.6 Å². The summed E-state index contributed by atoms with van der Waals surface area (Å²) < 4.78 is 32.3. The summed E-state index contributed by atoms with van der Waals surface area (Å²) >= 11 is 0. The molecular weight excluding hydrogens is 262 g/mol. The highest BCUT2D eigenvalue weighted by Crippen LogP contribution is 2.31. The molecule has 0 aromatic heterocycles. The van der Waals surface area contributed by atoms with Gasteiger partial charge in [0.1, 0.15) is 4.90 Å². The minimum Gasteiger partial charge on any atom is -0.368 e. The second kappa shape index (κ2) is 5.92. The van der Waals surface area contributed by atoms with E-state index in [4.69, 9.17) is 0 Å². The molecule has 4 nitrogen and oxygen atoms in total. The number of hydrogen-bond donors (Lipinski definition) is 1. The van der Waals surface area contributed by atoms with Crippen LogP contribution in [-0.2, 0) is 10.1 Å². The van der Waals surface area contributed by atoms with Gasteiger partial charge >= 0.3 is 0 Å². The van der Waals surface area contributed by atoms with Crippen molar-refractivity contribution in [3.63, 3.8) is 0 Å². The monoisotopic (exact) mass is 283 g/mol. The predicted octanol–water partition coefficient (Wildman–Crippen LogP) is 3.09. The van der Waals surface area contributed by atoms with Crippen molar-refractivity contribution in [2.45, 2.75) is 50.0 Å². The van der Waals surface area contributed by atoms with Gasteiger partial charge in [-0.2, -0.15) is 8.42 Å². The van der Waals surface area contributed by atoms with Crippen molar-refractivity contribution in [1.82, 2.24) is 0 Å². The first kappa shape index (κ1) is 14.3. The van der Waals surface area contributed by atoms with Gasteiger partial charge < -0.3 is 4.90 Å². The van der Waals surface area contributed by atoms with Crippen LogP contribution >= 0.6 is 0 Å². The summed E-state index contributed by atoms with van der Waals surface area (Å²) in [4.78, 5) is 2.13. The van der Waals surface area contributed by atoms with E-state index in [0.29, 0.717) is 11.7 Å². The van der Waals surface area contributed by atoms with E-state index in [1.165, 1.54) is 25.3 Å². The smallest absolute Gasteiger partial charge is 0.296 e. The summed E-state index contributed by atoms with van der Waals surface area (Å²) in [6.45, 7) is 2.77. The van der Waals surface area contributed by atoms with Crippen molar-refractivity contribution < 1.29 is 13.0 Å². The Morgan fingerprint density at radius 2 is 1.84 bits per heavy atom. The molecule has 0 aliphatic heterocycles. The van der Waals surface area contributed by atoms with E-state index in [0.717, 1.165) is 19.4 Å². The highest BCUT2D eigenvalue weighted by molar-refractivity contribution is 7.86. The van der Waals surface area contributed by atoms with Gasteiger partial charge in [-0.25, -0.2) is 0 Å². The predicted molar refractivity (Wildman–Crippen MR) is 76.1 cm³/mol. The van der Waals surface area contributed by atoms with Gasteiger partial charge in [0.05, 0.1) is 5.69 Å². The normalized spacial score (nSPS) is 17.4. The number of benzene rings is 1. The van der Waals surface area contributed by atoms with Crippen LogP contribution in [0, 0.1) is 0 Å². The fourth-order valence-electron chi connectivity index (χ4n) is 2.93. The van der Waals surface area contributed by atoms with Crippen LogP contribution in [0.5, 0.6) is 0 Å². The van der Waals surface area contributed by atoms with Gasteiger partial charge in [-0.1, -0.05) is 31.4 Å². The van der Waals surface area contributed by atoms with E-state index in [9.17, 15) is 13.0 Å². The maximum Gasteiger partial charge on any atom is 0.296 e. The Bertz CT molecular complexity index is 521. The van der Waals surface area contributed by atoms with Crippen LogP contribution in [0.1, 0.15) is 39.0 Å². The number of rotatable bonds is 4. The molecule has 2 rings (SSSR count). The lowest BCUT2D eigenvalue weighted by atomic mass is 9.94. The Balaban J connectivity index is 2.38. The Kier molecular flexibility index (Phi) is 4.47. The fraction of sp³-hybridized carbons (Fsp3) is 0.571. The molecule has 0 spiro atoms. The Morgan fingerprint density at radius 3 is 2.42 bits per heavy atom. The van der Waals surface area contributed by atoms with E-state index < -0.39 is 10.1 Å². The summed E-state index contributed by atoms with van der Waals surface area (Å²) in [5.74, 6) is 0. The van der Waals surface area contributed by atoms with E-state index >= 15 is 0 Å². The number of anilines is 1.